The van der Waals surface area contributed by atoms with E-state index in [-0.39, 0.29) is 29.6 Å². The van der Waals surface area contributed by atoms with Gasteiger partial charge in [-0.25, -0.2) is 13.4 Å². The molecule has 1 aliphatic rings. The Bertz CT molecular complexity index is 1170. The molecular weight excluding hydrogens is 485 g/mol. The zero-order valence-electron chi connectivity index (χ0n) is 15.6. The number of piperazine rings is 1. The van der Waals surface area contributed by atoms with Crippen molar-refractivity contribution in [3.63, 3.8) is 0 Å². The van der Waals surface area contributed by atoms with E-state index in [2.05, 4.69) is 4.98 Å². The summed E-state index contributed by atoms with van der Waals surface area (Å²) >= 11 is 14.7. The minimum Gasteiger partial charge on any atom is -0.339 e. The number of hydrogen-bond donors (Lipinski definition) is 0. The third kappa shape index (κ3) is 4.76. The van der Waals surface area contributed by atoms with Crippen molar-refractivity contribution in [2.24, 2.45) is 0 Å². The molecule has 1 aliphatic heterocycles. The summed E-state index contributed by atoms with van der Waals surface area (Å²) in [5.41, 5.74) is 0.823. The van der Waals surface area contributed by atoms with E-state index < -0.39 is 10.0 Å². The number of hydrogen-bond acceptors (Lipinski definition) is 6. The molecule has 0 unspecified atom stereocenters. The van der Waals surface area contributed by atoms with Crippen molar-refractivity contribution in [3.05, 3.63) is 52.5 Å². The highest BCUT2D eigenvalue weighted by atomic mass is 35.5. The number of thioether (sulfide) groups is 1. The third-order valence-corrected chi connectivity index (χ3v) is 9.26. The number of amides is 1. The van der Waals surface area contributed by atoms with Gasteiger partial charge in [0.15, 0.2) is 4.34 Å². The quantitative estimate of drug-likeness (QED) is 0.489. The first-order chi connectivity index (χ1) is 14.3. The maximum Gasteiger partial charge on any atom is 0.243 e. The number of carbonyl (C=O) groups is 1. The highest BCUT2D eigenvalue weighted by molar-refractivity contribution is 8.01. The predicted octanol–water partition coefficient (Wildman–Crippen LogP) is 4.23. The number of sulfonamides is 1. The second-order valence-corrected chi connectivity index (χ2v) is 11.7. The van der Waals surface area contributed by atoms with Crippen molar-refractivity contribution in [1.29, 1.82) is 0 Å². The van der Waals surface area contributed by atoms with Crippen molar-refractivity contribution in [1.82, 2.24) is 14.2 Å². The fraction of sp³-hybridized carbons (Fsp3) is 0.263. The summed E-state index contributed by atoms with van der Waals surface area (Å²) in [5, 5.41) is 1.12. The highest BCUT2D eigenvalue weighted by Gasteiger charge is 2.30. The van der Waals surface area contributed by atoms with Crippen LogP contribution in [0.15, 0.2) is 51.7 Å². The van der Waals surface area contributed by atoms with Gasteiger partial charge in [-0.15, -0.1) is 11.3 Å². The maximum absolute atomic E-state index is 12.8. The molecule has 0 atom stereocenters. The van der Waals surface area contributed by atoms with E-state index in [1.54, 1.807) is 23.1 Å². The Kier molecular flexibility index (Phi) is 6.57. The number of nitrogens with zero attached hydrogens (tertiary/aromatic N) is 3. The van der Waals surface area contributed by atoms with Gasteiger partial charge in [-0.3, -0.25) is 4.79 Å². The van der Waals surface area contributed by atoms with E-state index in [0.29, 0.717) is 23.1 Å². The van der Waals surface area contributed by atoms with E-state index in [1.807, 2.05) is 12.1 Å². The smallest absolute Gasteiger partial charge is 0.243 e. The number of rotatable bonds is 5. The summed E-state index contributed by atoms with van der Waals surface area (Å²) in [6, 6.07) is 11.7. The summed E-state index contributed by atoms with van der Waals surface area (Å²) in [7, 11) is -3.59. The van der Waals surface area contributed by atoms with Crippen LogP contribution in [0.3, 0.4) is 0 Å². The van der Waals surface area contributed by atoms with Crippen molar-refractivity contribution in [3.8, 4) is 0 Å². The number of aromatic nitrogens is 1. The van der Waals surface area contributed by atoms with Gasteiger partial charge in [-0.05, 0) is 42.5 Å². The number of thiazole rings is 1. The zero-order valence-corrected chi connectivity index (χ0v) is 19.6. The number of carbonyl (C=O) groups excluding carboxylic acids is 1. The van der Waals surface area contributed by atoms with Crippen LogP contribution in [0.25, 0.3) is 10.2 Å². The molecule has 0 aliphatic carbocycles. The first kappa shape index (κ1) is 21.9. The summed E-state index contributed by atoms with van der Waals surface area (Å²) in [5.74, 6) is 0.234. The van der Waals surface area contributed by atoms with Gasteiger partial charge in [0, 0.05) is 36.2 Å². The number of benzene rings is 2. The molecule has 0 N–H and O–H groups in total. The van der Waals surface area contributed by atoms with Gasteiger partial charge in [0.05, 0.1) is 20.9 Å². The highest BCUT2D eigenvalue weighted by Crippen LogP contribution is 2.31. The topological polar surface area (TPSA) is 70.6 Å². The minimum absolute atomic E-state index is 0.0270. The molecule has 0 bridgehead atoms. The molecule has 4 rings (SSSR count). The van der Waals surface area contributed by atoms with Gasteiger partial charge in [-0.1, -0.05) is 35.0 Å². The van der Waals surface area contributed by atoms with E-state index in [1.165, 1.54) is 39.5 Å². The average Bonchev–Trinajstić information content (AvgIpc) is 3.14. The van der Waals surface area contributed by atoms with Crippen LogP contribution in [0, 0.1) is 0 Å². The summed E-state index contributed by atoms with van der Waals surface area (Å²) in [6.45, 7) is 1.26. The van der Waals surface area contributed by atoms with E-state index >= 15 is 0 Å². The Morgan fingerprint density at radius 3 is 2.40 bits per heavy atom. The molecular formula is C19H17Cl2N3O3S3. The van der Waals surface area contributed by atoms with Gasteiger partial charge >= 0.3 is 0 Å². The van der Waals surface area contributed by atoms with Crippen LogP contribution in [-0.4, -0.2) is 60.4 Å². The predicted molar refractivity (Wildman–Crippen MR) is 122 cm³/mol. The molecule has 1 amide bonds. The molecule has 11 heteroatoms. The average molecular weight is 502 g/mol. The molecule has 3 aromatic rings. The lowest BCUT2D eigenvalue weighted by atomic mass is 10.3. The van der Waals surface area contributed by atoms with E-state index in [0.717, 1.165) is 14.6 Å². The fourth-order valence-corrected chi connectivity index (χ4v) is 6.76. The van der Waals surface area contributed by atoms with Gasteiger partial charge < -0.3 is 4.90 Å². The Labute approximate surface area is 192 Å². The SMILES string of the molecule is O=C(CSc1nc2cc(Cl)ccc2s1)N1CCN(S(=O)(=O)c2ccc(Cl)cc2)CC1. The van der Waals surface area contributed by atoms with Crippen LogP contribution in [0.5, 0.6) is 0 Å². The summed E-state index contributed by atoms with van der Waals surface area (Å²) in [4.78, 5) is 19.0. The Morgan fingerprint density at radius 1 is 1.03 bits per heavy atom. The summed E-state index contributed by atoms with van der Waals surface area (Å²) < 4.78 is 28.7. The fourth-order valence-electron chi connectivity index (χ4n) is 3.09. The van der Waals surface area contributed by atoms with Crippen molar-refractivity contribution >= 4 is 72.4 Å². The molecule has 2 heterocycles. The Hall–Kier alpha value is -1.36. The minimum atomic E-state index is -3.59. The number of fused-ring (bicyclic) bond motifs is 1. The van der Waals surface area contributed by atoms with Gasteiger partial charge in [0.25, 0.3) is 0 Å². The van der Waals surface area contributed by atoms with Gasteiger partial charge in [0.1, 0.15) is 0 Å². The molecule has 1 aromatic heterocycles. The molecule has 2 aromatic carbocycles. The van der Waals surface area contributed by atoms with Crippen LogP contribution in [0.1, 0.15) is 0 Å². The van der Waals surface area contributed by atoms with Crippen LogP contribution in [0.4, 0.5) is 0 Å². The van der Waals surface area contributed by atoms with Crippen molar-refractivity contribution in [2.45, 2.75) is 9.24 Å². The van der Waals surface area contributed by atoms with Crippen LogP contribution >= 0.6 is 46.3 Å². The van der Waals surface area contributed by atoms with Crippen LogP contribution in [0.2, 0.25) is 10.0 Å². The van der Waals surface area contributed by atoms with Crippen molar-refractivity contribution < 1.29 is 13.2 Å². The first-order valence-electron chi connectivity index (χ1n) is 9.05. The standard InChI is InChI=1S/C19H17Cl2N3O3S3/c20-13-1-4-15(5-2-13)30(26,27)24-9-7-23(8-10-24)18(25)12-28-19-22-16-11-14(21)3-6-17(16)29-19/h1-6,11H,7-10,12H2. The molecule has 0 spiro atoms. The van der Waals surface area contributed by atoms with E-state index in [9.17, 15) is 13.2 Å². The van der Waals surface area contributed by atoms with Crippen LogP contribution < -0.4 is 0 Å². The maximum atomic E-state index is 12.8. The molecule has 0 saturated carbocycles. The normalized spacial score (nSPS) is 15.6. The Balaban J connectivity index is 1.33. The lowest BCUT2D eigenvalue weighted by Gasteiger charge is -2.34. The van der Waals surface area contributed by atoms with E-state index in [4.69, 9.17) is 23.2 Å². The molecule has 158 valence electrons. The zero-order chi connectivity index (χ0) is 21.3. The first-order valence-corrected chi connectivity index (χ1v) is 13.0. The third-order valence-electron chi connectivity index (χ3n) is 4.69. The molecule has 1 fully saturated rings. The lowest BCUT2D eigenvalue weighted by Crippen LogP contribution is -2.50. The number of halogens is 2. The molecule has 1 saturated heterocycles. The summed E-state index contributed by atoms with van der Waals surface area (Å²) in [6.07, 6.45) is 0. The largest absolute Gasteiger partial charge is 0.339 e. The van der Waals surface area contributed by atoms with Crippen molar-refractivity contribution in [2.75, 3.05) is 31.9 Å². The molecule has 6 nitrogen and oxygen atoms in total. The second-order valence-electron chi connectivity index (χ2n) is 6.62. The molecule has 30 heavy (non-hydrogen) atoms. The Morgan fingerprint density at radius 2 is 1.70 bits per heavy atom. The van der Waals surface area contributed by atoms with Gasteiger partial charge in [-0.2, -0.15) is 4.31 Å². The molecule has 0 radical (unpaired) electrons. The van der Waals surface area contributed by atoms with Crippen LogP contribution in [-0.2, 0) is 14.8 Å². The lowest BCUT2D eigenvalue weighted by molar-refractivity contribution is -0.129. The second kappa shape index (κ2) is 9.02. The van der Waals surface area contributed by atoms with Gasteiger partial charge in [0.2, 0.25) is 15.9 Å². The monoisotopic (exact) mass is 501 g/mol.